The van der Waals surface area contributed by atoms with E-state index in [0.717, 1.165) is 19.5 Å². The molecule has 1 aromatic heterocycles. The first kappa shape index (κ1) is 16.0. The van der Waals surface area contributed by atoms with E-state index < -0.39 is 9.84 Å². The molecule has 6 heteroatoms. The SMILES string of the molecule is CS(=O)(=O)c1cccc(OCCNCCc2cccs2)c1. The average Bonchev–Trinajstić information content (AvgIpc) is 2.95. The van der Waals surface area contributed by atoms with E-state index in [1.165, 1.54) is 11.1 Å². The summed E-state index contributed by atoms with van der Waals surface area (Å²) < 4.78 is 28.4. The van der Waals surface area contributed by atoms with Crippen LogP contribution in [0.1, 0.15) is 4.88 Å². The summed E-state index contributed by atoms with van der Waals surface area (Å²) in [4.78, 5) is 1.65. The van der Waals surface area contributed by atoms with E-state index in [4.69, 9.17) is 4.74 Å². The van der Waals surface area contributed by atoms with Crippen molar-refractivity contribution in [1.29, 1.82) is 0 Å². The maximum Gasteiger partial charge on any atom is 0.175 e. The zero-order valence-electron chi connectivity index (χ0n) is 11.9. The van der Waals surface area contributed by atoms with Crippen LogP contribution < -0.4 is 10.1 Å². The highest BCUT2D eigenvalue weighted by Gasteiger charge is 2.07. The Hall–Kier alpha value is -1.37. The fourth-order valence-electron chi connectivity index (χ4n) is 1.83. The molecule has 114 valence electrons. The molecule has 1 aromatic carbocycles. The Kier molecular flexibility index (Phi) is 5.78. The summed E-state index contributed by atoms with van der Waals surface area (Å²) >= 11 is 1.76. The van der Waals surface area contributed by atoms with Gasteiger partial charge in [-0.15, -0.1) is 11.3 Å². The van der Waals surface area contributed by atoms with Gasteiger partial charge in [-0.05, 0) is 36.1 Å². The van der Waals surface area contributed by atoms with Crippen molar-refractivity contribution >= 4 is 21.2 Å². The first-order valence-corrected chi connectivity index (χ1v) is 9.49. The second-order valence-corrected chi connectivity index (χ2v) is 7.72. The fraction of sp³-hybridized carbons (Fsp3) is 0.333. The molecule has 0 saturated carbocycles. The summed E-state index contributed by atoms with van der Waals surface area (Å²) in [5.74, 6) is 0.581. The Balaban J connectivity index is 1.69. The molecule has 2 rings (SSSR count). The van der Waals surface area contributed by atoms with Gasteiger partial charge in [0.2, 0.25) is 0 Å². The number of hydrogen-bond donors (Lipinski definition) is 1. The number of sulfone groups is 1. The van der Waals surface area contributed by atoms with Crippen molar-refractivity contribution in [1.82, 2.24) is 5.32 Å². The van der Waals surface area contributed by atoms with Crippen LogP contribution in [-0.4, -0.2) is 34.4 Å². The molecule has 0 fully saturated rings. The largest absolute Gasteiger partial charge is 0.492 e. The zero-order chi connectivity index (χ0) is 15.1. The van der Waals surface area contributed by atoms with E-state index in [9.17, 15) is 8.42 Å². The number of hydrogen-bond acceptors (Lipinski definition) is 5. The Labute approximate surface area is 129 Å². The maximum atomic E-state index is 11.4. The van der Waals surface area contributed by atoms with Gasteiger partial charge >= 0.3 is 0 Å². The van der Waals surface area contributed by atoms with Crippen LogP contribution in [0.4, 0.5) is 0 Å². The molecule has 0 bridgehead atoms. The zero-order valence-corrected chi connectivity index (χ0v) is 13.5. The minimum Gasteiger partial charge on any atom is -0.492 e. The third-order valence-electron chi connectivity index (χ3n) is 2.91. The average molecular weight is 325 g/mol. The molecule has 1 heterocycles. The smallest absolute Gasteiger partial charge is 0.175 e. The van der Waals surface area contributed by atoms with Crippen LogP contribution in [0.2, 0.25) is 0 Å². The van der Waals surface area contributed by atoms with E-state index in [0.29, 0.717) is 12.4 Å². The predicted octanol–water partition coefficient (Wildman–Crippen LogP) is 2.36. The van der Waals surface area contributed by atoms with E-state index in [2.05, 4.69) is 22.8 Å². The maximum absolute atomic E-state index is 11.4. The van der Waals surface area contributed by atoms with E-state index in [1.54, 1.807) is 35.6 Å². The molecule has 21 heavy (non-hydrogen) atoms. The Morgan fingerprint density at radius 2 is 2.05 bits per heavy atom. The molecule has 0 amide bonds. The number of nitrogens with one attached hydrogen (secondary N) is 1. The Bertz CT molecular complexity index is 651. The minimum absolute atomic E-state index is 0.283. The summed E-state index contributed by atoms with van der Waals surface area (Å²) in [7, 11) is -3.18. The molecular formula is C15H19NO3S2. The highest BCUT2D eigenvalue weighted by atomic mass is 32.2. The lowest BCUT2D eigenvalue weighted by atomic mass is 10.3. The third-order valence-corrected chi connectivity index (χ3v) is 4.96. The highest BCUT2D eigenvalue weighted by Crippen LogP contribution is 2.17. The monoisotopic (exact) mass is 325 g/mol. The lowest BCUT2D eigenvalue weighted by molar-refractivity contribution is 0.314. The van der Waals surface area contributed by atoms with E-state index in [1.807, 2.05) is 0 Å². The highest BCUT2D eigenvalue weighted by molar-refractivity contribution is 7.90. The summed E-state index contributed by atoms with van der Waals surface area (Å²) in [6, 6.07) is 10.8. The van der Waals surface area contributed by atoms with E-state index in [-0.39, 0.29) is 4.90 Å². The van der Waals surface area contributed by atoms with Gasteiger partial charge in [-0.1, -0.05) is 12.1 Å². The second kappa shape index (κ2) is 7.59. The molecule has 0 atom stereocenters. The molecule has 0 radical (unpaired) electrons. The van der Waals surface area contributed by atoms with Crippen LogP contribution in [0.3, 0.4) is 0 Å². The van der Waals surface area contributed by atoms with Crippen molar-refractivity contribution < 1.29 is 13.2 Å². The molecule has 0 unspecified atom stereocenters. The van der Waals surface area contributed by atoms with Crippen molar-refractivity contribution in [3.05, 3.63) is 46.7 Å². The minimum atomic E-state index is -3.18. The van der Waals surface area contributed by atoms with Gasteiger partial charge in [0, 0.05) is 24.2 Å². The van der Waals surface area contributed by atoms with Crippen molar-refractivity contribution in [2.75, 3.05) is 26.0 Å². The van der Waals surface area contributed by atoms with Gasteiger partial charge in [0.25, 0.3) is 0 Å². The van der Waals surface area contributed by atoms with Crippen LogP contribution >= 0.6 is 11.3 Å². The third kappa shape index (κ3) is 5.49. The number of thiophene rings is 1. The van der Waals surface area contributed by atoms with Crippen molar-refractivity contribution in [3.63, 3.8) is 0 Å². The Morgan fingerprint density at radius 3 is 2.76 bits per heavy atom. The quantitative estimate of drug-likeness (QED) is 0.757. The van der Waals surface area contributed by atoms with Gasteiger partial charge in [0.1, 0.15) is 12.4 Å². The van der Waals surface area contributed by atoms with Crippen LogP contribution in [0, 0.1) is 0 Å². The molecule has 0 aliphatic carbocycles. The molecule has 0 aliphatic rings. The molecule has 2 aromatic rings. The summed E-state index contributed by atoms with van der Waals surface area (Å²) in [5.41, 5.74) is 0. The fourth-order valence-corrected chi connectivity index (χ4v) is 3.19. The second-order valence-electron chi connectivity index (χ2n) is 4.67. The summed E-state index contributed by atoms with van der Waals surface area (Å²) in [6.07, 6.45) is 2.21. The number of ether oxygens (including phenoxy) is 1. The normalized spacial score (nSPS) is 11.5. The molecule has 1 N–H and O–H groups in total. The van der Waals surface area contributed by atoms with Gasteiger partial charge in [-0.3, -0.25) is 0 Å². The van der Waals surface area contributed by atoms with Crippen LogP contribution in [-0.2, 0) is 16.3 Å². The topological polar surface area (TPSA) is 55.4 Å². The number of rotatable bonds is 8. The Morgan fingerprint density at radius 1 is 1.19 bits per heavy atom. The molecule has 4 nitrogen and oxygen atoms in total. The lowest BCUT2D eigenvalue weighted by Crippen LogP contribution is -2.23. The van der Waals surface area contributed by atoms with Gasteiger partial charge in [0.05, 0.1) is 4.90 Å². The standard InChI is InChI=1S/C15H19NO3S2/c1-21(17,18)15-6-2-4-13(12-15)19-10-9-16-8-7-14-5-3-11-20-14/h2-6,11-12,16H,7-10H2,1H3. The van der Waals surface area contributed by atoms with Gasteiger partial charge < -0.3 is 10.1 Å². The van der Waals surface area contributed by atoms with Gasteiger partial charge in [0.15, 0.2) is 9.84 Å². The lowest BCUT2D eigenvalue weighted by Gasteiger charge is -2.08. The number of benzene rings is 1. The van der Waals surface area contributed by atoms with Gasteiger partial charge in [-0.2, -0.15) is 0 Å². The van der Waals surface area contributed by atoms with Crippen LogP contribution in [0.25, 0.3) is 0 Å². The summed E-state index contributed by atoms with van der Waals surface area (Å²) in [5, 5.41) is 5.38. The molecule has 0 aliphatic heterocycles. The van der Waals surface area contributed by atoms with E-state index >= 15 is 0 Å². The van der Waals surface area contributed by atoms with Crippen LogP contribution in [0.15, 0.2) is 46.7 Å². The van der Waals surface area contributed by atoms with Gasteiger partial charge in [-0.25, -0.2) is 8.42 Å². The molecule has 0 spiro atoms. The first-order chi connectivity index (χ1) is 10.1. The van der Waals surface area contributed by atoms with Crippen LogP contribution in [0.5, 0.6) is 5.75 Å². The summed E-state index contributed by atoms with van der Waals surface area (Å²) in [6.45, 7) is 2.15. The van der Waals surface area contributed by atoms with Crippen molar-refractivity contribution in [3.8, 4) is 5.75 Å². The van der Waals surface area contributed by atoms with Crippen molar-refractivity contribution in [2.45, 2.75) is 11.3 Å². The van der Waals surface area contributed by atoms with Crippen molar-refractivity contribution in [2.24, 2.45) is 0 Å². The first-order valence-electron chi connectivity index (χ1n) is 6.72. The predicted molar refractivity (Wildman–Crippen MR) is 85.9 cm³/mol. The molecule has 0 saturated heterocycles. The molecular weight excluding hydrogens is 306 g/mol.